The second-order valence-corrected chi connectivity index (χ2v) is 3.56. The highest BCUT2D eigenvalue weighted by Crippen LogP contribution is 2.13. The van der Waals surface area contributed by atoms with Gasteiger partial charge in [-0.25, -0.2) is 4.98 Å². The van der Waals surface area contributed by atoms with Crippen LogP contribution in [0, 0.1) is 5.92 Å². The van der Waals surface area contributed by atoms with Gasteiger partial charge < -0.3 is 16.2 Å². The Morgan fingerprint density at radius 2 is 2.29 bits per heavy atom. The van der Waals surface area contributed by atoms with E-state index in [0.29, 0.717) is 5.82 Å². The van der Waals surface area contributed by atoms with E-state index >= 15 is 0 Å². The van der Waals surface area contributed by atoms with Crippen LogP contribution in [0.5, 0.6) is 0 Å². The summed E-state index contributed by atoms with van der Waals surface area (Å²) in [7, 11) is 0. The van der Waals surface area contributed by atoms with E-state index in [1.54, 1.807) is 12.3 Å². The molecule has 78 valence electrons. The minimum Gasteiger partial charge on any atom is -0.396 e. The summed E-state index contributed by atoms with van der Waals surface area (Å²) in [5.41, 5.74) is 6.48. The SMILES string of the molecule is CC(CO)C(C)Nc1ccnc(N)c1. The number of nitrogen functional groups attached to an aromatic ring is 1. The molecule has 0 bridgehead atoms. The number of rotatable bonds is 4. The summed E-state index contributed by atoms with van der Waals surface area (Å²) in [6.45, 7) is 4.19. The van der Waals surface area contributed by atoms with E-state index in [1.165, 1.54) is 0 Å². The number of pyridine rings is 1. The fraction of sp³-hybridized carbons (Fsp3) is 0.500. The van der Waals surface area contributed by atoms with Crippen molar-refractivity contribution >= 4 is 11.5 Å². The van der Waals surface area contributed by atoms with E-state index in [1.807, 2.05) is 19.9 Å². The van der Waals surface area contributed by atoms with Gasteiger partial charge in [0, 0.05) is 30.6 Å². The largest absolute Gasteiger partial charge is 0.396 e. The fourth-order valence-electron chi connectivity index (χ4n) is 1.10. The molecule has 0 radical (unpaired) electrons. The summed E-state index contributed by atoms with van der Waals surface area (Å²) in [4.78, 5) is 3.90. The van der Waals surface area contributed by atoms with Gasteiger partial charge in [-0.15, -0.1) is 0 Å². The lowest BCUT2D eigenvalue weighted by Crippen LogP contribution is -2.26. The highest BCUT2D eigenvalue weighted by Gasteiger charge is 2.10. The average Bonchev–Trinajstić information content (AvgIpc) is 2.16. The topological polar surface area (TPSA) is 71.2 Å². The third kappa shape index (κ3) is 2.88. The number of anilines is 2. The lowest BCUT2D eigenvalue weighted by molar-refractivity contribution is 0.226. The van der Waals surface area contributed by atoms with Crippen LogP contribution < -0.4 is 11.1 Å². The zero-order valence-corrected chi connectivity index (χ0v) is 8.57. The number of nitrogens with two attached hydrogens (primary N) is 1. The molecule has 4 heteroatoms. The van der Waals surface area contributed by atoms with Gasteiger partial charge in [0.1, 0.15) is 5.82 Å². The number of hydrogen-bond acceptors (Lipinski definition) is 4. The van der Waals surface area contributed by atoms with E-state index in [4.69, 9.17) is 10.8 Å². The molecule has 2 atom stereocenters. The van der Waals surface area contributed by atoms with Crippen LogP contribution in [0.2, 0.25) is 0 Å². The van der Waals surface area contributed by atoms with Crippen molar-refractivity contribution in [2.24, 2.45) is 5.92 Å². The Labute approximate surface area is 84.2 Å². The molecule has 14 heavy (non-hydrogen) atoms. The summed E-state index contributed by atoms with van der Waals surface area (Å²) in [6, 6.07) is 3.85. The Kier molecular flexibility index (Phi) is 3.71. The number of aliphatic hydroxyl groups excluding tert-OH is 1. The van der Waals surface area contributed by atoms with Crippen LogP contribution in [-0.2, 0) is 0 Å². The molecule has 0 saturated heterocycles. The lowest BCUT2D eigenvalue weighted by Gasteiger charge is -2.20. The zero-order valence-electron chi connectivity index (χ0n) is 8.57. The molecular formula is C10H17N3O. The molecule has 0 spiro atoms. The molecule has 0 amide bonds. The molecule has 4 N–H and O–H groups in total. The normalized spacial score (nSPS) is 14.8. The zero-order chi connectivity index (χ0) is 10.6. The monoisotopic (exact) mass is 195 g/mol. The van der Waals surface area contributed by atoms with E-state index in [-0.39, 0.29) is 18.6 Å². The van der Waals surface area contributed by atoms with E-state index in [0.717, 1.165) is 5.69 Å². The van der Waals surface area contributed by atoms with E-state index in [9.17, 15) is 0 Å². The van der Waals surface area contributed by atoms with Crippen LogP contribution in [0.25, 0.3) is 0 Å². The van der Waals surface area contributed by atoms with Gasteiger partial charge in [0.15, 0.2) is 0 Å². The first-order valence-electron chi connectivity index (χ1n) is 4.72. The number of aliphatic hydroxyl groups is 1. The lowest BCUT2D eigenvalue weighted by atomic mass is 10.1. The van der Waals surface area contributed by atoms with Crippen molar-refractivity contribution < 1.29 is 5.11 Å². The molecule has 1 aromatic rings. The molecule has 1 heterocycles. The Morgan fingerprint density at radius 1 is 1.57 bits per heavy atom. The maximum absolute atomic E-state index is 8.96. The highest BCUT2D eigenvalue weighted by molar-refractivity contribution is 5.50. The molecule has 4 nitrogen and oxygen atoms in total. The van der Waals surface area contributed by atoms with Crippen molar-refractivity contribution in [1.82, 2.24) is 4.98 Å². The van der Waals surface area contributed by atoms with E-state index < -0.39 is 0 Å². The van der Waals surface area contributed by atoms with Crippen molar-refractivity contribution in [2.75, 3.05) is 17.7 Å². The molecule has 0 saturated carbocycles. The third-order valence-electron chi connectivity index (χ3n) is 2.32. The van der Waals surface area contributed by atoms with Crippen LogP contribution in [-0.4, -0.2) is 22.7 Å². The summed E-state index contributed by atoms with van der Waals surface area (Å²) in [5.74, 6) is 0.711. The quantitative estimate of drug-likeness (QED) is 0.672. The van der Waals surface area contributed by atoms with Crippen molar-refractivity contribution in [3.8, 4) is 0 Å². The molecule has 0 aromatic carbocycles. The predicted molar refractivity (Wildman–Crippen MR) is 58.0 cm³/mol. The maximum atomic E-state index is 8.96. The van der Waals surface area contributed by atoms with Crippen molar-refractivity contribution in [1.29, 1.82) is 0 Å². The molecule has 0 aliphatic rings. The first kappa shape index (κ1) is 10.8. The molecule has 0 aliphatic carbocycles. The van der Waals surface area contributed by atoms with Gasteiger partial charge in [-0.2, -0.15) is 0 Å². The number of nitrogens with one attached hydrogen (secondary N) is 1. The standard InChI is InChI=1S/C10H17N3O/c1-7(6-14)8(2)13-9-3-4-12-10(11)5-9/h3-5,7-8,14H,6H2,1-2H3,(H3,11,12,13). The average molecular weight is 195 g/mol. The van der Waals surface area contributed by atoms with Crippen LogP contribution >= 0.6 is 0 Å². The van der Waals surface area contributed by atoms with Crippen LogP contribution in [0.3, 0.4) is 0 Å². The Hall–Kier alpha value is -1.29. The number of aromatic nitrogens is 1. The first-order chi connectivity index (χ1) is 6.63. The van der Waals surface area contributed by atoms with Gasteiger partial charge in [-0.1, -0.05) is 6.92 Å². The van der Waals surface area contributed by atoms with E-state index in [2.05, 4.69) is 10.3 Å². The van der Waals surface area contributed by atoms with Crippen molar-refractivity contribution in [3.63, 3.8) is 0 Å². The summed E-state index contributed by atoms with van der Waals surface area (Å²) in [5, 5.41) is 12.2. The minimum absolute atomic E-state index is 0.175. The first-order valence-corrected chi connectivity index (χ1v) is 4.72. The molecule has 2 unspecified atom stereocenters. The predicted octanol–water partition coefficient (Wildman–Crippen LogP) is 1.09. The smallest absolute Gasteiger partial charge is 0.125 e. The summed E-state index contributed by atoms with van der Waals surface area (Å²) in [6.07, 6.45) is 1.66. The molecule has 0 fully saturated rings. The minimum atomic E-state index is 0.175. The molecule has 0 aliphatic heterocycles. The molecule has 1 rings (SSSR count). The Balaban J connectivity index is 2.60. The second-order valence-electron chi connectivity index (χ2n) is 3.56. The van der Waals surface area contributed by atoms with Crippen molar-refractivity contribution in [2.45, 2.75) is 19.9 Å². The number of nitrogens with zero attached hydrogens (tertiary/aromatic N) is 1. The van der Waals surface area contributed by atoms with Gasteiger partial charge in [0.2, 0.25) is 0 Å². The van der Waals surface area contributed by atoms with Gasteiger partial charge in [-0.05, 0) is 18.9 Å². The molecular weight excluding hydrogens is 178 g/mol. The van der Waals surface area contributed by atoms with Crippen LogP contribution in [0.1, 0.15) is 13.8 Å². The fourth-order valence-corrected chi connectivity index (χ4v) is 1.10. The van der Waals surface area contributed by atoms with Gasteiger partial charge >= 0.3 is 0 Å². The second kappa shape index (κ2) is 4.81. The molecule has 1 aromatic heterocycles. The Morgan fingerprint density at radius 3 is 2.86 bits per heavy atom. The summed E-state index contributed by atoms with van der Waals surface area (Å²) >= 11 is 0. The highest BCUT2D eigenvalue weighted by atomic mass is 16.3. The van der Waals surface area contributed by atoms with Gasteiger partial charge in [-0.3, -0.25) is 0 Å². The van der Waals surface area contributed by atoms with Crippen LogP contribution in [0.15, 0.2) is 18.3 Å². The third-order valence-corrected chi connectivity index (χ3v) is 2.32. The van der Waals surface area contributed by atoms with Crippen LogP contribution in [0.4, 0.5) is 11.5 Å². The van der Waals surface area contributed by atoms with Gasteiger partial charge in [0.05, 0.1) is 0 Å². The van der Waals surface area contributed by atoms with Gasteiger partial charge in [0.25, 0.3) is 0 Å². The summed E-state index contributed by atoms with van der Waals surface area (Å²) < 4.78 is 0. The van der Waals surface area contributed by atoms with Crippen molar-refractivity contribution in [3.05, 3.63) is 18.3 Å². The number of hydrogen-bond donors (Lipinski definition) is 3. The Bertz CT molecular complexity index is 290. The maximum Gasteiger partial charge on any atom is 0.125 e.